The van der Waals surface area contributed by atoms with Crippen molar-refractivity contribution < 1.29 is 89.0 Å². The molecule has 6 N–H and O–H groups in total. The summed E-state index contributed by atoms with van der Waals surface area (Å²) in [6.07, 6.45) is 9.80. The molecule has 4 aromatic carbocycles. The number of allylic oxidation sites excluding steroid dienone is 5. The highest BCUT2D eigenvalue weighted by Crippen LogP contribution is 2.55. The molecule has 2 aliphatic rings. The van der Waals surface area contributed by atoms with Crippen LogP contribution in [0.5, 0.6) is 0 Å². The number of anilines is 2. The predicted octanol–water partition coefficient (Wildman–Crippen LogP) is 6.60. The number of methoxy groups -OCH3 is 1. The van der Waals surface area contributed by atoms with Gasteiger partial charge in [-0.15, -0.1) is 0 Å². The fraction of sp³-hybridized carbons (Fsp3) is 0.449. The Labute approximate surface area is 442 Å². The number of aliphatic carboxylic acids is 1. The highest BCUT2D eigenvalue weighted by Gasteiger charge is 2.48. The molecule has 2 heterocycles. The highest BCUT2D eigenvalue weighted by atomic mass is 32.2. The van der Waals surface area contributed by atoms with Crippen LogP contribution in [0.2, 0.25) is 0 Å². The molecule has 418 valence electrons. The lowest BCUT2D eigenvalue weighted by Crippen LogP contribution is -2.42. The first-order valence-electron chi connectivity index (χ1n) is 23.9. The molecule has 0 amide bonds. The second-order valence-corrected chi connectivity index (χ2v) is 26.1. The molecule has 76 heavy (non-hydrogen) atoms. The molecule has 3 atom stereocenters. The highest BCUT2D eigenvalue weighted by molar-refractivity contribution is 7.87. The maximum atomic E-state index is 12.8. The van der Waals surface area contributed by atoms with Crippen LogP contribution in [0, 0.1) is 0 Å². The van der Waals surface area contributed by atoms with Crippen LogP contribution in [0.4, 0.5) is 11.4 Å². The SMILES string of the molecule is CCN1c2ccc3c(S(=O)(=O)O)cc(S(=O)(=O)O)cc3c2C(C)(CCOCCOCCOC)C1C=CC=CC=C1N(CCCCCC(=O)O)c2ccc3c(S(=O)(=O)O)cc(S(=O)(=O)O)cc3c2C1(C)CCCS(=O)(=O)O. The Balaban J connectivity index is 1.51. The largest absolute Gasteiger partial charge is 0.481 e. The molecule has 0 aliphatic carbocycles. The summed E-state index contributed by atoms with van der Waals surface area (Å²) < 4.78 is 193. The molecule has 0 spiro atoms. The van der Waals surface area contributed by atoms with Crippen molar-refractivity contribution in [1.29, 1.82) is 0 Å². The first-order valence-corrected chi connectivity index (χ1v) is 31.3. The number of likely N-dealkylation sites (N-methyl/N-ethyl adjacent to an activating group) is 1. The number of ether oxygens (including phenoxy) is 3. The second kappa shape index (κ2) is 23.6. The first kappa shape index (κ1) is 60.4. The third-order valence-corrected chi connectivity index (χ3v) is 18.1. The minimum Gasteiger partial charge on any atom is -0.481 e. The number of fused-ring (bicyclic) bond motifs is 6. The van der Waals surface area contributed by atoms with E-state index in [0.29, 0.717) is 79.4 Å². The third-order valence-electron chi connectivity index (χ3n) is 13.8. The minimum absolute atomic E-state index is 0.000581. The topological polar surface area (TPSA) is 343 Å². The van der Waals surface area contributed by atoms with Crippen LogP contribution in [0.1, 0.15) is 76.8 Å². The van der Waals surface area contributed by atoms with E-state index in [-0.39, 0.29) is 73.6 Å². The van der Waals surface area contributed by atoms with Gasteiger partial charge in [0, 0.05) is 71.9 Å². The van der Waals surface area contributed by atoms with Gasteiger partial charge in [0.2, 0.25) is 0 Å². The van der Waals surface area contributed by atoms with E-state index >= 15 is 0 Å². The van der Waals surface area contributed by atoms with Crippen molar-refractivity contribution in [1.82, 2.24) is 0 Å². The van der Waals surface area contributed by atoms with Crippen LogP contribution in [-0.4, -0.2) is 141 Å². The van der Waals surface area contributed by atoms with Crippen LogP contribution in [0.25, 0.3) is 21.5 Å². The van der Waals surface area contributed by atoms with Crippen molar-refractivity contribution in [2.75, 3.05) is 68.8 Å². The van der Waals surface area contributed by atoms with Gasteiger partial charge >= 0.3 is 5.97 Å². The van der Waals surface area contributed by atoms with Crippen LogP contribution < -0.4 is 9.80 Å². The summed E-state index contributed by atoms with van der Waals surface area (Å²) in [4.78, 5) is 12.1. The molecular weight excluding hydrogens is 1100 g/mol. The van der Waals surface area contributed by atoms with E-state index in [9.17, 15) is 74.8 Å². The van der Waals surface area contributed by atoms with E-state index < -0.39 is 98.8 Å². The van der Waals surface area contributed by atoms with Crippen LogP contribution in [-0.2, 0) is 80.4 Å². The number of hydrogen-bond acceptors (Lipinski definition) is 16. The number of carboxylic acid groups (broad SMARTS) is 1. The first-order chi connectivity index (χ1) is 35.4. The summed E-state index contributed by atoms with van der Waals surface area (Å²) in [7, 11) is -23.2. The lowest BCUT2D eigenvalue weighted by Gasteiger charge is -2.35. The molecule has 6 rings (SSSR count). The van der Waals surface area contributed by atoms with Gasteiger partial charge in [-0.3, -0.25) is 27.6 Å². The Morgan fingerprint density at radius 3 is 1.71 bits per heavy atom. The second-order valence-electron chi connectivity index (χ2n) is 18.9. The average molecular weight is 1160 g/mol. The number of rotatable bonds is 27. The van der Waals surface area contributed by atoms with E-state index in [2.05, 4.69) is 0 Å². The lowest BCUT2D eigenvalue weighted by molar-refractivity contribution is -0.137. The van der Waals surface area contributed by atoms with Gasteiger partial charge in [-0.2, -0.15) is 42.1 Å². The number of carboxylic acids is 1. The van der Waals surface area contributed by atoms with Gasteiger partial charge < -0.3 is 29.1 Å². The maximum Gasteiger partial charge on any atom is 0.303 e. The average Bonchev–Trinajstić information content (AvgIpc) is 3.72. The predicted molar refractivity (Wildman–Crippen MR) is 282 cm³/mol. The fourth-order valence-electron chi connectivity index (χ4n) is 10.5. The molecule has 2 aliphatic heterocycles. The summed E-state index contributed by atoms with van der Waals surface area (Å²) in [5.74, 6) is -1.68. The maximum absolute atomic E-state index is 12.8. The molecule has 0 fully saturated rings. The Hall–Kier alpha value is -4.88. The van der Waals surface area contributed by atoms with Gasteiger partial charge in [0.25, 0.3) is 50.6 Å². The van der Waals surface area contributed by atoms with E-state index in [1.54, 1.807) is 43.4 Å². The van der Waals surface area contributed by atoms with Gasteiger partial charge in [0.15, 0.2) is 0 Å². The van der Waals surface area contributed by atoms with Gasteiger partial charge in [-0.1, -0.05) is 49.8 Å². The lowest BCUT2D eigenvalue weighted by atomic mass is 9.74. The Morgan fingerprint density at radius 2 is 1.18 bits per heavy atom. The van der Waals surface area contributed by atoms with Crippen molar-refractivity contribution in [3.05, 3.63) is 95.7 Å². The number of carbonyl (C=O) groups is 1. The van der Waals surface area contributed by atoms with Crippen molar-refractivity contribution in [2.24, 2.45) is 0 Å². The molecular formula is C49H62N2O20S5. The standard InChI is InChI=1S/C49H62N2O20S5/c1-5-50-39-18-16-35-37(29-33(73(57,58)59)31-41(35)75(63,64)65)46(39)49(3,21-23-70-26-27-71-25-24-69-4)43(50)13-8-6-9-14-44-48(2,20-12-28-72(54,55)56)47-38-30-34(74(60,61)62)32-42(76(66,67)68)36(38)17-19-40(47)51(44)22-11-7-10-15-45(52)53/h6,8-9,13-14,16-19,29-32,43H,5,7,10-12,15,20-28H2,1-4H3,(H,52,53)(H,54,55,56)(H,57,58,59)(H,60,61,62)(H,63,64,65)(H,66,67,68). The van der Waals surface area contributed by atoms with E-state index in [4.69, 9.17) is 14.2 Å². The zero-order valence-electron chi connectivity index (χ0n) is 42.0. The van der Waals surface area contributed by atoms with Gasteiger partial charge in [-0.05, 0) is 110 Å². The summed E-state index contributed by atoms with van der Waals surface area (Å²) in [5, 5.41) is 9.30. The molecule has 0 aromatic heterocycles. The Kier molecular flexibility index (Phi) is 18.7. The van der Waals surface area contributed by atoms with E-state index in [1.807, 2.05) is 29.7 Å². The van der Waals surface area contributed by atoms with Gasteiger partial charge in [0.1, 0.15) is 9.79 Å². The molecule has 3 unspecified atom stereocenters. The molecule has 22 nitrogen and oxygen atoms in total. The summed E-state index contributed by atoms with van der Waals surface area (Å²) in [5.41, 5.74) is 0.00899. The normalized spacial score (nSPS) is 20.0. The summed E-state index contributed by atoms with van der Waals surface area (Å²) in [6.45, 7) is 7.39. The van der Waals surface area contributed by atoms with Gasteiger partial charge in [0.05, 0.1) is 48.0 Å². The molecule has 0 radical (unpaired) electrons. The quantitative estimate of drug-likeness (QED) is 0.0208. The van der Waals surface area contributed by atoms with Crippen molar-refractivity contribution in [3.63, 3.8) is 0 Å². The number of benzene rings is 4. The molecule has 0 saturated carbocycles. The summed E-state index contributed by atoms with van der Waals surface area (Å²) >= 11 is 0. The van der Waals surface area contributed by atoms with E-state index in [1.165, 1.54) is 19.2 Å². The van der Waals surface area contributed by atoms with E-state index in [0.717, 1.165) is 12.1 Å². The fourth-order valence-corrected chi connectivity index (χ4v) is 13.7. The molecule has 27 heteroatoms. The number of unbranched alkanes of at least 4 members (excludes halogenated alkanes) is 2. The smallest absolute Gasteiger partial charge is 0.303 e. The van der Waals surface area contributed by atoms with Crippen LogP contribution in [0.3, 0.4) is 0 Å². The Bertz CT molecular complexity index is 3540. The minimum atomic E-state index is -5.13. The summed E-state index contributed by atoms with van der Waals surface area (Å²) in [6, 6.07) is 8.99. The third kappa shape index (κ3) is 13.5. The monoisotopic (exact) mass is 1160 g/mol. The number of nitrogens with zero attached hydrogens (tertiary/aromatic N) is 2. The van der Waals surface area contributed by atoms with Crippen LogP contribution in [0.15, 0.2) is 104 Å². The number of hydrogen-bond donors (Lipinski definition) is 6. The molecule has 0 bridgehead atoms. The van der Waals surface area contributed by atoms with Crippen molar-refractivity contribution >= 4 is 89.5 Å². The van der Waals surface area contributed by atoms with Crippen molar-refractivity contribution in [2.45, 2.75) is 102 Å². The van der Waals surface area contributed by atoms with Crippen LogP contribution >= 0.6 is 0 Å². The molecule has 4 aromatic rings. The van der Waals surface area contributed by atoms with Crippen molar-refractivity contribution in [3.8, 4) is 0 Å². The zero-order valence-corrected chi connectivity index (χ0v) is 46.1. The van der Waals surface area contributed by atoms with Gasteiger partial charge in [-0.25, -0.2) is 0 Å². The zero-order chi connectivity index (χ0) is 56.2. The Morgan fingerprint density at radius 1 is 0.632 bits per heavy atom. The molecule has 0 saturated heterocycles.